The molecule has 0 aliphatic carbocycles. The summed E-state index contributed by atoms with van der Waals surface area (Å²) >= 11 is 0. The molecule has 0 aliphatic rings. The van der Waals surface area contributed by atoms with Gasteiger partial charge in [0.1, 0.15) is 0 Å². The van der Waals surface area contributed by atoms with Crippen LogP contribution in [0, 0.1) is 0 Å². The van der Waals surface area contributed by atoms with Gasteiger partial charge in [0.2, 0.25) is 27.6 Å². The van der Waals surface area contributed by atoms with Crippen molar-refractivity contribution in [1.82, 2.24) is 15.5 Å². The fraction of sp³-hybridized carbons (Fsp3) is 0.318. The van der Waals surface area contributed by atoms with E-state index in [4.69, 9.17) is 9.66 Å². The lowest BCUT2D eigenvalue weighted by Crippen LogP contribution is -2.27. The number of aromatic nitrogens is 2. The Hall–Kier alpha value is -3.04. The van der Waals surface area contributed by atoms with E-state index in [1.165, 1.54) is 17.7 Å². The number of nitrogens with zero attached hydrogens (tertiary/aromatic N) is 2. The molecule has 3 rings (SSSR count). The van der Waals surface area contributed by atoms with Gasteiger partial charge in [-0.3, -0.25) is 4.79 Å². The molecule has 2 aromatic carbocycles. The van der Waals surface area contributed by atoms with Crippen LogP contribution in [0.2, 0.25) is 0 Å². The molecule has 8 nitrogen and oxygen atoms in total. The predicted molar refractivity (Wildman–Crippen MR) is 117 cm³/mol. The number of nitrogens with two attached hydrogens (primary N) is 1. The lowest BCUT2D eigenvalue weighted by Gasteiger charge is -2.14. The Morgan fingerprint density at radius 3 is 2.45 bits per heavy atom. The highest BCUT2D eigenvalue weighted by atomic mass is 32.2. The Morgan fingerprint density at radius 1 is 1.10 bits per heavy atom. The molecule has 1 amide bonds. The Bertz CT molecular complexity index is 1150. The summed E-state index contributed by atoms with van der Waals surface area (Å²) in [6, 6.07) is 13.8. The van der Waals surface area contributed by atoms with Gasteiger partial charge in [0, 0.05) is 18.4 Å². The predicted octanol–water partition coefficient (Wildman–Crippen LogP) is 3.32. The molecule has 9 heteroatoms. The Labute approximate surface area is 181 Å². The summed E-state index contributed by atoms with van der Waals surface area (Å²) in [7, 11) is -3.80. The minimum atomic E-state index is -3.80. The molecule has 0 bridgehead atoms. The molecule has 3 N–H and O–H groups in total. The third-order valence-corrected chi connectivity index (χ3v) is 5.84. The van der Waals surface area contributed by atoms with Crippen LogP contribution in [0.25, 0.3) is 11.4 Å². The second kappa shape index (κ2) is 9.40. The summed E-state index contributed by atoms with van der Waals surface area (Å²) in [5.41, 5.74) is 2.73. The van der Waals surface area contributed by atoms with E-state index >= 15 is 0 Å². The van der Waals surface area contributed by atoms with Gasteiger partial charge in [-0.1, -0.05) is 55.4 Å². The van der Waals surface area contributed by atoms with Crippen LogP contribution >= 0.6 is 0 Å². The molecule has 0 spiro atoms. The summed E-state index contributed by atoms with van der Waals surface area (Å²) < 4.78 is 28.3. The van der Waals surface area contributed by atoms with E-state index in [0.717, 1.165) is 5.56 Å². The van der Waals surface area contributed by atoms with Gasteiger partial charge in [0.25, 0.3) is 0 Å². The molecule has 1 aromatic heterocycles. The van der Waals surface area contributed by atoms with Gasteiger partial charge in [-0.25, -0.2) is 13.6 Å². The van der Waals surface area contributed by atoms with Crippen LogP contribution in [0.1, 0.15) is 56.2 Å². The number of carbonyl (C=O) groups is 1. The van der Waals surface area contributed by atoms with Crippen molar-refractivity contribution in [3.8, 4) is 11.4 Å². The van der Waals surface area contributed by atoms with Gasteiger partial charge in [0.15, 0.2) is 0 Å². The van der Waals surface area contributed by atoms with Crippen molar-refractivity contribution in [3.05, 3.63) is 65.5 Å². The zero-order valence-corrected chi connectivity index (χ0v) is 18.5. The number of hydrogen-bond donors (Lipinski definition) is 2. The maximum Gasteiger partial charge on any atom is 0.238 e. The molecule has 1 unspecified atom stereocenters. The topological polar surface area (TPSA) is 128 Å². The Morgan fingerprint density at radius 2 is 1.81 bits per heavy atom. The molecule has 0 fully saturated rings. The first-order valence-corrected chi connectivity index (χ1v) is 11.5. The zero-order valence-electron chi connectivity index (χ0n) is 17.7. The second-order valence-corrected chi connectivity index (χ2v) is 9.26. The van der Waals surface area contributed by atoms with E-state index in [2.05, 4.69) is 29.3 Å². The minimum absolute atomic E-state index is 0.00548. The smallest absolute Gasteiger partial charge is 0.238 e. The standard InChI is InChI=1S/C22H26N4O4S/c1-14(2)16-7-9-17(10-8-16)22-25-21(30-26-22)12-11-20(27)24-15(3)18-5-4-6-19(13-18)31(23,28)29/h4-10,13-15H,11-12H2,1-3H3,(H,24,27)(H2,23,28,29). The first kappa shape index (κ1) is 22.6. The number of nitrogens with one attached hydrogen (secondary N) is 1. The van der Waals surface area contributed by atoms with E-state index in [0.29, 0.717) is 29.6 Å². The van der Waals surface area contributed by atoms with Gasteiger partial charge in [-0.15, -0.1) is 0 Å². The molecule has 3 aromatic rings. The van der Waals surface area contributed by atoms with Gasteiger partial charge < -0.3 is 9.84 Å². The average molecular weight is 443 g/mol. The third-order valence-electron chi connectivity index (χ3n) is 4.93. The minimum Gasteiger partial charge on any atom is -0.350 e. The monoisotopic (exact) mass is 442 g/mol. The van der Waals surface area contributed by atoms with E-state index in [1.54, 1.807) is 19.1 Å². The maximum atomic E-state index is 12.3. The van der Waals surface area contributed by atoms with Gasteiger partial charge >= 0.3 is 0 Å². The van der Waals surface area contributed by atoms with E-state index in [9.17, 15) is 13.2 Å². The highest BCUT2D eigenvalue weighted by molar-refractivity contribution is 7.89. The Balaban J connectivity index is 1.57. The van der Waals surface area contributed by atoms with Gasteiger partial charge in [-0.2, -0.15) is 4.98 Å². The fourth-order valence-corrected chi connectivity index (χ4v) is 3.64. The number of carbonyl (C=O) groups excluding carboxylic acids is 1. The Kier molecular flexibility index (Phi) is 6.87. The molecule has 0 aliphatic heterocycles. The number of primary sulfonamides is 1. The molecule has 31 heavy (non-hydrogen) atoms. The van der Waals surface area contributed by atoms with Crippen LogP contribution in [-0.4, -0.2) is 24.5 Å². The van der Waals surface area contributed by atoms with Crippen molar-refractivity contribution < 1.29 is 17.7 Å². The molecule has 1 heterocycles. The summed E-state index contributed by atoms with van der Waals surface area (Å²) in [5, 5.41) is 12.0. The molecule has 0 saturated heterocycles. The highest BCUT2D eigenvalue weighted by Gasteiger charge is 2.15. The van der Waals surface area contributed by atoms with Crippen molar-refractivity contribution in [2.45, 2.75) is 50.5 Å². The lowest BCUT2D eigenvalue weighted by atomic mass is 10.0. The number of amides is 1. The van der Waals surface area contributed by atoms with Gasteiger partial charge in [-0.05, 0) is 36.1 Å². The van der Waals surface area contributed by atoms with Crippen molar-refractivity contribution >= 4 is 15.9 Å². The molecule has 0 radical (unpaired) electrons. The van der Waals surface area contributed by atoms with Crippen LogP contribution in [0.15, 0.2) is 57.9 Å². The van der Waals surface area contributed by atoms with Crippen molar-refractivity contribution in [1.29, 1.82) is 0 Å². The molecule has 0 saturated carbocycles. The summed E-state index contributed by atoms with van der Waals surface area (Å²) in [6.45, 7) is 6.03. The molecule has 1 atom stereocenters. The number of hydrogen-bond acceptors (Lipinski definition) is 6. The second-order valence-electron chi connectivity index (χ2n) is 7.70. The fourth-order valence-electron chi connectivity index (χ4n) is 3.07. The highest BCUT2D eigenvalue weighted by Crippen LogP contribution is 2.21. The van der Waals surface area contributed by atoms with Crippen molar-refractivity contribution in [2.75, 3.05) is 0 Å². The number of benzene rings is 2. The van der Waals surface area contributed by atoms with E-state index in [1.807, 2.05) is 24.3 Å². The quantitative estimate of drug-likeness (QED) is 0.551. The van der Waals surface area contributed by atoms with Gasteiger partial charge in [0.05, 0.1) is 10.9 Å². The molecular formula is C22H26N4O4S. The first-order valence-electron chi connectivity index (χ1n) is 9.98. The lowest BCUT2D eigenvalue weighted by molar-refractivity contribution is -0.121. The van der Waals surface area contributed by atoms with Crippen LogP contribution < -0.4 is 10.5 Å². The molecular weight excluding hydrogens is 416 g/mol. The van der Waals surface area contributed by atoms with Crippen molar-refractivity contribution in [3.63, 3.8) is 0 Å². The SMILES string of the molecule is CC(C)c1ccc(-c2noc(CCC(=O)NC(C)c3cccc(S(N)(=O)=O)c3)n2)cc1. The first-order chi connectivity index (χ1) is 14.6. The molecule has 164 valence electrons. The van der Waals surface area contributed by atoms with E-state index < -0.39 is 10.0 Å². The van der Waals surface area contributed by atoms with Crippen LogP contribution in [-0.2, 0) is 21.2 Å². The summed E-state index contributed by atoms with van der Waals surface area (Å²) in [4.78, 5) is 16.7. The normalized spacial score (nSPS) is 12.7. The summed E-state index contributed by atoms with van der Waals surface area (Å²) in [6.07, 6.45) is 0.458. The van der Waals surface area contributed by atoms with Crippen LogP contribution in [0.3, 0.4) is 0 Å². The van der Waals surface area contributed by atoms with E-state index in [-0.39, 0.29) is 23.3 Å². The number of aryl methyl sites for hydroxylation is 1. The maximum absolute atomic E-state index is 12.3. The van der Waals surface area contributed by atoms with Crippen LogP contribution in [0.4, 0.5) is 0 Å². The number of rotatable bonds is 8. The number of sulfonamides is 1. The van der Waals surface area contributed by atoms with Crippen LogP contribution in [0.5, 0.6) is 0 Å². The zero-order chi connectivity index (χ0) is 22.6. The average Bonchev–Trinajstić information content (AvgIpc) is 3.21. The summed E-state index contributed by atoms with van der Waals surface area (Å²) in [5.74, 6) is 1.09. The van der Waals surface area contributed by atoms with Crippen molar-refractivity contribution in [2.24, 2.45) is 5.14 Å². The third kappa shape index (κ3) is 5.99. The largest absolute Gasteiger partial charge is 0.350 e.